The Morgan fingerprint density at radius 3 is 2.86 bits per heavy atom. The number of H-pyrrole nitrogens is 1. The fraction of sp³-hybridized carbons (Fsp3) is 0.318. The van der Waals surface area contributed by atoms with Crippen LogP contribution < -0.4 is 10.2 Å². The number of aryl methyl sites for hydroxylation is 1. The first kappa shape index (κ1) is 18.2. The molecule has 6 heteroatoms. The summed E-state index contributed by atoms with van der Waals surface area (Å²) in [6.07, 6.45) is 5.80. The van der Waals surface area contributed by atoms with E-state index in [1.54, 1.807) is 19.3 Å². The molecule has 1 saturated heterocycles. The third-order valence-electron chi connectivity index (χ3n) is 5.42. The van der Waals surface area contributed by atoms with E-state index in [4.69, 9.17) is 0 Å². The van der Waals surface area contributed by atoms with Gasteiger partial charge in [-0.1, -0.05) is 29.8 Å². The second-order valence-corrected chi connectivity index (χ2v) is 7.33. The Morgan fingerprint density at radius 2 is 2.07 bits per heavy atom. The molecule has 3 heterocycles. The number of benzene rings is 1. The van der Waals surface area contributed by atoms with E-state index >= 15 is 0 Å². The van der Waals surface area contributed by atoms with Crippen LogP contribution in [0.25, 0.3) is 11.1 Å². The molecule has 1 fully saturated rings. The van der Waals surface area contributed by atoms with Gasteiger partial charge in [-0.05, 0) is 37.5 Å². The highest BCUT2D eigenvalue weighted by molar-refractivity contribution is 5.94. The number of pyridine rings is 1. The molecular weight excluding hydrogens is 350 g/mol. The van der Waals surface area contributed by atoms with Crippen molar-refractivity contribution in [3.8, 4) is 11.1 Å². The summed E-state index contributed by atoms with van der Waals surface area (Å²) in [7, 11) is 1.64. The molecule has 0 radical (unpaired) electrons. The molecule has 2 N–H and O–H groups in total. The highest BCUT2D eigenvalue weighted by Gasteiger charge is 2.26. The number of aromatic amines is 1. The van der Waals surface area contributed by atoms with Gasteiger partial charge in [-0.15, -0.1) is 0 Å². The fourth-order valence-electron chi connectivity index (χ4n) is 3.87. The number of hydrogen-bond acceptors (Lipinski definition) is 4. The first-order valence-electron chi connectivity index (χ1n) is 9.69. The van der Waals surface area contributed by atoms with Gasteiger partial charge < -0.3 is 10.2 Å². The number of carbonyl (C=O) groups excluding carboxylic acids is 1. The molecule has 1 atom stereocenters. The van der Waals surface area contributed by atoms with Crippen molar-refractivity contribution >= 4 is 11.7 Å². The zero-order valence-electron chi connectivity index (χ0n) is 16.3. The molecular formula is C22H25N5O. The molecule has 0 bridgehead atoms. The van der Waals surface area contributed by atoms with Gasteiger partial charge in [-0.2, -0.15) is 5.10 Å². The van der Waals surface area contributed by atoms with Crippen molar-refractivity contribution in [2.24, 2.45) is 0 Å². The molecule has 0 saturated carbocycles. The number of carbonyl (C=O) groups is 1. The van der Waals surface area contributed by atoms with Crippen LogP contribution in [0.5, 0.6) is 0 Å². The van der Waals surface area contributed by atoms with E-state index in [1.165, 1.54) is 22.4 Å². The summed E-state index contributed by atoms with van der Waals surface area (Å²) >= 11 is 0. The van der Waals surface area contributed by atoms with E-state index in [9.17, 15) is 4.79 Å². The molecule has 28 heavy (non-hydrogen) atoms. The number of anilines is 1. The van der Waals surface area contributed by atoms with E-state index in [1.807, 2.05) is 12.3 Å². The second kappa shape index (κ2) is 7.84. The van der Waals surface area contributed by atoms with Crippen molar-refractivity contribution < 1.29 is 4.79 Å². The Hall–Kier alpha value is -3.15. The Kier molecular flexibility index (Phi) is 5.10. The highest BCUT2D eigenvalue weighted by Crippen LogP contribution is 2.34. The molecule has 3 aromatic rings. The van der Waals surface area contributed by atoms with Gasteiger partial charge in [0.2, 0.25) is 0 Å². The minimum absolute atomic E-state index is 0.0903. The number of nitrogens with zero attached hydrogens (tertiary/aromatic N) is 3. The highest BCUT2D eigenvalue weighted by atomic mass is 16.1. The number of rotatable bonds is 4. The van der Waals surface area contributed by atoms with Crippen LogP contribution in [0.4, 0.5) is 5.82 Å². The predicted octanol–water partition coefficient (Wildman–Crippen LogP) is 3.52. The van der Waals surface area contributed by atoms with Gasteiger partial charge in [-0.3, -0.25) is 9.89 Å². The minimum Gasteiger partial charge on any atom is -0.356 e. The molecule has 0 aliphatic carbocycles. The molecule has 144 valence electrons. The normalized spacial score (nSPS) is 16.8. The van der Waals surface area contributed by atoms with Crippen molar-refractivity contribution in [3.05, 3.63) is 65.6 Å². The molecule has 0 spiro atoms. The summed E-state index contributed by atoms with van der Waals surface area (Å²) in [6.45, 7) is 3.89. The molecule has 2 aromatic heterocycles. The molecule has 1 aliphatic heterocycles. The average Bonchev–Trinajstić information content (AvgIpc) is 3.24. The Morgan fingerprint density at radius 1 is 1.25 bits per heavy atom. The van der Waals surface area contributed by atoms with Crippen LogP contribution in [0.3, 0.4) is 0 Å². The van der Waals surface area contributed by atoms with Crippen LogP contribution in [0.15, 0.2) is 48.8 Å². The monoisotopic (exact) mass is 375 g/mol. The number of amides is 1. The maximum Gasteiger partial charge on any atom is 0.251 e. The summed E-state index contributed by atoms with van der Waals surface area (Å²) in [4.78, 5) is 18.7. The summed E-state index contributed by atoms with van der Waals surface area (Å²) in [5.41, 5.74) is 5.41. The maximum atomic E-state index is 12.0. The lowest BCUT2D eigenvalue weighted by Crippen LogP contribution is -2.35. The lowest BCUT2D eigenvalue weighted by molar-refractivity contribution is 0.0963. The first-order valence-corrected chi connectivity index (χ1v) is 9.69. The van der Waals surface area contributed by atoms with E-state index < -0.39 is 0 Å². The van der Waals surface area contributed by atoms with Gasteiger partial charge in [0, 0.05) is 49.1 Å². The molecule has 1 aliphatic rings. The Balaban J connectivity index is 1.58. The van der Waals surface area contributed by atoms with Crippen molar-refractivity contribution in [2.45, 2.75) is 25.7 Å². The van der Waals surface area contributed by atoms with Crippen molar-refractivity contribution in [3.63, 3.8) is 0 Å². The summed E-state index contributed by atoms with van der Waals surface area (Å²) in [5.74, 6) is 1.10. The van der Waals surface area contributed by atoms with Gasteiger partial charge in [0.1, 0.15) is 5.82 Å². The van der Waals surface area contributed by atoms with Crippen LogP contribution in [-0.4, -0.2) is 41.2 Å². The van der Waals surface area contributed by atoms with Crippen LogP contribution in [0.2, 0.25) is 0 Å². The molecule has 1 aromatic carbocycles. The average molecular weight is 375 g/mol. The second-order valence-electron chi connectivity index (χ2n) is 7.33. The standard InChI is InChI=1S/C22H25N5O/c1-15-5-7-16(8-6-15)19-13-25-26-21(19)18-4-3-11-27(14-18)20-12-17(9-10-24-20)22(28)23-2/h5-10,12-13,18H,3-4,11,14H2,1-2H3,(H,23,28)(H,25,26)/t18-/m1/s1. The van der Waals surface area contributed by atoms with Crippen molar-refractivity contribution in [2.75, 3.05) is 25.0 Å². The molecule has 4 rings (SSSR count). The number of hydrogen-bond donors (Lipinski definition) is 2. The fourth-order valence-corrected chi connectivity index (χ4v) is 3.87. The van der Waals surface area contributed by atoms with Crippen LogP contribution >= 0.6 is 0 Å². The number of nitrogens with one attached hydrogen (secondary N) is 2. The lowest BCUT2D eigenvalue weighted by Gasteiger charge is -2.33. The number of aromatic nitrogens is 3. The smallest absolute Gasteiger partial charge is 0.251 e. The van der Waals surface area contributed by atoms with Crippen molar-refractivity contribution in [1.29, 1.82) is 0 Å². The van der Waals surface area contributed by atoms with E-state index in [-0.39, 0.29) is 5.91 Å². The van der Waals surface area contributed by atoms with Gasteiger partial charge in [0.25, 0.3) is 5.91 Å². The van der Waals surface area contributed by atoms with E-state index in [0.717, 1.165) is 31.7 Å². The zero-order valence-corrected chi connectivity index (χ0v) is 16.3. The summed E-state index contributed by atoms with van der Waals surface area (Å²) < 4.78 is 0. The quantitative estimate of drug-likeness (QED) is 0.732. The minimum atomic E-state index is -0.0903. The topological polar surface area (TPSA) is 73.9 Å². The number of piperidine rings is 1. The predicted molar refractivity (Wildman–Crippen MR) is 111 cm³/mol. The SMILES string of the molecule is CNC(=O)c1ccnc(N2CCC[C@@H](c3[nH]ncc3-c3ccc(C)cc3)C2)c1. The Bertz CT molecular complexity index is 963. The zero-order chi connectivity index (χ0) is 19.5. The van der Waals surface area contributed by atoms with Gasteiger partial charge in [0.05, 0.1) is 6.20 Å². The van der Waals surface area contributed by atoms with E-state index in [0.29, 0.717) is 11.5 Å². The lowest BCUT2D eigenvalue weighted by atomic mass is 9.90. The van der Waals surface area contributed by atoms with E-state index in [2.05, 4.69) is 56.6 Å². The van der Waals surface area contributed by atoms with Gasteiger partial charge in [0.15, 0.2) is 0 Å². The van der Waals surface area contributed by atoms with Gasteiger partial charge in [-0.25, -0.2) is 4.98 Å². The first-order chi connectivity index (χ1) is 13.7. The van der Waals surface area contributed by atoms with Crippen LogP contribution in [-0.2, 0) is 0 Å². The summed E-state index contributed by atoms with van der Waals surface area (Å²) in [6, 6.07) is 12.2. The third-order valence-corrected chi connectivity index (χ3v) is 5.42. The molecule has 6 nitrogen and oxygen atoms in total. The molecule has 1 amide bonds. The molecule has 0 unspecified atom stereocenters. The van der Waals surface area contributed by atoms with Gasteiger partial charge >= 0.3 is 0 Å². The summed E-state index contributed by atoms with van der Waals surface area (Å²) in [5, 5.41) is 10.2. The van der Waals surface area contributed by atoms with Crippen LogP contribution in [0, 0.1) is 6.92 Å². The largest absolute Gasteiger partial charge is 0.356 e. The third kappa shape index (κ3) is 3.63. The maximum absolute atomic E-state index is 12.0. The van der Waals surface area contributed by atoms with Crippen LogP contribution in [0.1, 0.15) is 40.4 Å². The van der Waals surface area contributed by atoms with Crippen molar-refractivity contribution in [1.82, 2.24) is 20.5 Å². The Labute approximate surface area is 165 Å².